The second kappa shape index (κ2) is 9.20. The summed E-state index contributed by atoms with van der Waals surface area (Å²) in [6.07, 6.45) is -0.804. The molecule has 154 valence electrons. The van der Waals surface area contributed by atoms with Gasteiger partial charge >= 0.3 is 0 Å². The highest BCUT2D eigenvalue weighted by Crippen LogP contribution is 2.36. The van der Waals surface area contributed by atoms with E-state index in [-0.39, 0.29) is 5.91 Å². The van der Waals surface area contributed by atoms with Crippen molar-refractivity contribution in [2.75, 3.05) is 50.4 Å². The van der Waals surface area contributed by atoms with Gasteiger partial charge < -0.3 is 19.8 Å². The van der Waals surface area contributed by atoms with Crippen molar-refractivity contribution in [1.29, 1.82) is 0 Å². The Labute approximate surface area is 177 Å². The number of anilines is 1. The van der Waals surface area contributed by atoms with Crippen LogP contribution >= 0.6 is 11.8 Å². The predicted octanol–water partition coefficient (Wildman–Crippen LogP) is 2.62. The van der Waals surface area contributed by atoms with Crippen LogP contribution in [0.4, 0.5) is 5.69 Å². The molecule has 2 saturated heterocycles. The number of para-hydroxylation sites is 1. The number of carbonyl (C=O) groups excluding carboxylic acids is 1. The van der Waals surface area contributed by atoms with Crippen molar-refractivity contribution < 1.29 is 9.90 Å². The number of piperazine rings is 1. The second-order valence-corrected chi connectivity index (χ2v) is 9.08. The van der Waals surface area contributed by atoms with Gasteiger partial charge in [-0.25, -0.2) is 0 Å². The Hall–Kier alpha value is -2.02. The number of hydrogen-bond acceptors (Lipinski definition) is 5. The fourth-order valence-electron chi connectivity index (χ4n) is 4.07. The molecule has 2 atom stereocenters. The summed E-state index contributed by atoms with van der Waals surface area (Å²) in [4.78, 5) is 19.7. The number of hydrogen-bond donors (Lipinski definition) is 1. The first-order chi connectivity index (χ1) is 14.1. The Morgan fingerprint density at radius 3 is 2.45 bits per heavy atom. The number of carbonyl (C=O) groups is 1. The summed E-state index contributed by atoms with van der Waals surface area (Å²) in [6.45, 7) is 5.21. The number of aliphatic hydroxyl groups excluding tert-OH is 1. The van der Waals surface area contributed by atoms with Gasteiger partial charge in [0.2, 0.25) is 5.91 Å². The van der Waals surface area contributed by atoms with Gasteiger partial charge in [-0.1, -0.05) is 48.5 Å². The van der Waals surface area contributed by atoms with Crippen LogP contribution in [0.25, 0.3) is 0 Å². The van der Waals surface area contributed by atoms with E-state index in [1.807, 2.05) is 53.4 Å². The zero-order chi connectivity index (χ0) is 20.2. The number of amides is 1. The quantitative estimate of drug-likeness (QED) is 0.820. The first-order valence-electron chi connectivity index (χ1n) is 10.3. The van der Waals surface area contributed by atoms with Gasteiger partial charge in [0.05, 0.1) is 0 Å². The molecule has 0 aromatic heterocycles. The van der Waals surface area contributed by atoms with Gasteiger partial charge in [0.15, 0.2) is 0 Å². The van der Waals surface area contributed by atoms with Gasteiger partial charge in [0.25, 0.3) is 0 Å². The molecule has 29 heavy (non-hydrogen) atoms. The van der Waals surface area contributed by atoms with E-state index in [9.17, 15) is 9.90 Å². The first kappa shape index (κ1) is 20.3. The Morgan fingerprint density at radius 1 is 1.00 bits per heavy atom. The third-order valence-electron chi connectivity index (χ3n) is 5.82. The summed E-state index contributed by atoms with van der Waals surface area (Å²) >= 11 is 1.58. The molecule has 2 aromatic rings. The van der Waals surface area contributed by atoms with Crippen molar-refractivity contribution in [1.82, 2.24) is 9.80 Å². The van der Waals surface area contributed by atoms with Crippen LogP contribution in [0.1, 0.15) is 17.2 Å². The van der Waals surface area contributed by atoms with E-state index in [4.69, 9.17) is 0 Å². The van der Waals surface area contributed by atoms with E-state index in [1.54, 1.807) is 11.8 Å². The molecule has 2 unspecified atom stereocenters. The summed E-state index contributed by atoms with van der Waals surface area (Å²) in [6, 6.07) is 18.1. The highest BCUT2D eigenvalue weighted by molar-refractivity contribution is 8.00. The second-order valence-electron chi connectivity index (χ2n) is 7.83. The molecule has 5 nitrogen and oxygen atoms in total. The molecule has 2 aliphatic rings. The van der Waals surface area contributed by atoms with Crippen LogP contribution in [-0.2, 0) is 11.3 Å². The van der Waals surface area contributed by atoms with Crippen molar-refractivity contribution in [2.24, 2.45) is 0 Å². The molecule has 0 radical (unpaired) electrons. The number of rotatable bonds is 5. The van der Waals surface area contributed by atoms with E-state index in [2.05, 4.69) is 22.9 Å². The SMILES string of the molecule is CN1CCN(c2ccccc2C(O)C2SCCN(Cc3ccccc3)C2=O)CC1. The fraction of sp³-hybridized carbons (Fsp3) is 0.435. The number of aliphatic hydroxyl groups is 1. The zero-order valence-electron chi connectivity index (χ0n) is 16.9. The molecule has 6 heteroatoms. The molecule has 0 bridgehead atoms. The molecule has 2 fully saturated rings. The van der Waals surface area contributed by atoms with Gasteiger partial charge in [-0.15, -0.1) is 11.8 Å². The minimum atomic E-state index is -0.804. The Morgan fingerprint density at radius 2 is 1.69 bits per heavy atom. The highest BCUT2D eigenvalue weighted by Gasteiger charge is 2.36. The summed E-state index contributed by atoms with van der Waals surface area (Å²) < 4.78 is 0. The number of thioether (sulfide) groups is 1. The van der Waals surface area contributed by atoms with Gasteiger partial charge in [-0.05, 0) is 18.7 Å². The number of benzene rings is 2. The average Bonchev–Trinajstić information content (AvgIpc) is 2.76. The molecule has 1 amide bonds. The van der Waals surface area contributed by atoms with Crippen LogP contribution in [-0.4, -0.2) is 71.6 Å². The fourth-order valence-corrected chi connectivity index (χ4v) is 5.27. The number of likely N-dealkylation sites (N-methyl/N-ethyl adjacent to an activating group) is 1. The van der Waals surface area contributed by atoms with Gasteiger partial charge in [-0.3, -0.25) is 4.79 Å². The van der Waals surface area contributed by atoms with Crippen molar-refractivity contribution >= 4 is 23.4 Å². The zero-order valence-corrected chi connectivity index (χ0v) is 17.7. The summed E-state index contributed by atoms with van der Waals surface area (Å²) in [5, 5.41) is 10.8. The van der Waals surface area contributed by atoms with E-state index in [0.717, 1.165) is 55.3 Å². The average molecular weight is 412 g/mol. The smallest absolute Gasteiger partial charge is 0.239 e. The van der Waals surface area contributed by atoms with Crippen LogP contribution < -0.4 is 4.90 Å². The molecule has 1 N–H and O–H groups in total. The Kier molecular flexibility index (Phi) is 6.43. The monoisotopic (exact) mass is 411 g/mol. The first-order valence-corrected chi connectivity index (χ1v) is 11.3. The summed E-state index contributed by atoms with van der Waals surface area (Å²) in [7, 11) is 2.14. The molecule has 4 rings (SSSR count). The van der Waals surface area contributed by atoms with Crippen LogP contribution in [0.15, 0.2) is 54.6 Å². The van der Waals surface area contributed by atoms with E-state index in [0.29, 0.717) is 6.54 Å². The summed E-state index contributed by atoms with van der Waals surface area (Å²) in [5.41, 5.74) is 3.05. The van der Waals surface area contributed by atoms with Crippen molar-refractivity contribution in [3.8, 4) is 0 Å². The standard InChI is InChI=1S/C23H29N3O2S/c1-24-11-13-25(14-12-24)20-10-6-5-9-19(20)21(27)22-23(28)26(15-16-29-22)17-18-7-3-2-4-8-18/h2-10,21-22,27H,11-17H2,1H3. The van der Waals surface area contributed by atoms with Gasteiger partial charge in [0.1, 0.15) is 11.4 Å². The maximum absolute atomic E-state index is 13.2. The lowest BCUT2D eigenvalue weighted by Crippen LogP contribution is -2.46. The molecule has 0 saturated carbocycles. The molecule has 2 aromatic carbocycles. The molecule has 0 spiro atoms. The maximum Gasteiger partial charge on any atom is 0.239 e. The Balaban J connectivity index is 1.52. The Bertz CT molecular complexity index is 824. The van der Waals surface area contributed by atoms with Crippen LogP contribution in [0.3, 0.4) is 0 Å². The van der Waals surface area contributed by atoms with E-state index >= 15 is 0 Å². The predicted molar refractivity (Wildman–Crippen MR) is 119 cm³/mol. The minimum Gasteiger partial charge on any atom is -0.387 e. The largest absolute Gasteiger partial charge is 0.387 e. The minimum absolute atomic E-state index is 0.0331. The lowest BCUT2D eigenvalue weighted by Gasteiger charge is -2.38. The molecular formula is C23H29N3O2S. The van der Waals surface area contributed by atoms with Crippen LogP contribution in [0, 0.1) is 0 Å². The highest BCUT2D eigenvalue weighted by atomic mass is 32.2. The van der Waals surface area contributed by atoms with Crippen LogP contribution in [0.5, 0.6) is 0 Å². The lowest BCUT2D eigenvalue weighted by molar-refractivity contribution is -0.133. The van der Waals surface area contributed by atoms with Gasteiger partial charge in [-0.2, -0.15) is 0 Å². The lowest BCUT2D eigenvalue weighted by atomic mass is 10.0. The molecule has 2 heterocycles. The normalized spacial score (nSPS) is 22.0. The summed E-state index contributed by atoms with van der Waals surface area (Å²) in [5.74, 6) is 0.877. The molecule has 2 aliphatic heterocycles. The molecule has 0 aliphatic carbocycles. The van der Waals surface area contributed by atoms with Crippen molar-refractivity contribution in [3.05, 3.63) is 65.7 Å². The van der Waals surface area contributed by atoms with Crippen molar-refractivity contribution in [3.63, 3.8) is 0 Å². The van der Waals surface area contributed by atoms with Crippen LogP contribution in [0.2, 0.25) is 0 Å². The third-order valence-corrected chi connectivity index (χ3v) is 7.05. The van der Waals surface area contributed by atoms with Gasteiger partial charge in [0, 0.05) is 56.3 Å². The van der Waals surface area contributed by atoms with E-state index in [1.165, 1.54) is 0 Å². The number of nitrogens with zero attached hydrogens (tertiary/aromatic N) is 3. The van der Waals surface area contributed by atoms with E-state index < -0.39 is 11.4 Å². The molecular weight excluding hydrogens is 382 g/mol. The van der Waals surface area contributed by atoms with Crippen molar-refractivity contribution in [2.45, 2.75) is 17.9 Å². The third kappa shape index (κ3) is 4.60. The maximum atomic E-state index is 13.2. The topological polar surface area (TPSA) is 47.0 Å².